The Morgan fingerprint density at radius 2 is 1.73 bits per heavy atom. The first kappa shape index (κ1) is 30.8. The van der Waals surface area contributed by atoms with Gasteiger partial charge >= 0.3 is 6.09 Å². The molecule has 218 valence electrons. The Hall–Kier alpha value is -3.75. The highest BCUT2D eigenvalue weighted by Gasteiger charge is 2.42. The Morgan fingerprint density at radius 1 is 1.07 bits per heavy atom. The van der Waals surface area contributed by atoms with Crippen LogP contribution in [0.3, 0.4) is 0 Å². The predicted octanol–water partition coefficient (Wildman–Crippen LogP) is 5.71. The summed E-state index contributed by atoms with van der Waals surface area (Å²) >= 11 is 0. The summed E-state index contributed by atoms with van der Waals surface area (Å²) in [7, 11) is 1.57. The number of benzene rings is 2. The fourth-order valence-electron chi connectivity index (χ4n) is 4.68. The number of nitrogens with zero attached hydrogens (tertiary/aromatic N) is 1. The molecule has 9 nitrogen and oxygen atoms in total. The molecule has 0 aliphatic heterocycles. The predicted molar refractivity (Wildman–Crippen MR) is 154 cm³/mol. The highest BCUT2D eigenvalue weighted by molar-refractivity contribution is 5.99. The summed E-state index contributed by atoms with van der Waals surface area (Å²) in [6.07, 6.45) is 2.12. The van der Waals surface area contributed by atoms with Crippen molar-refractivity contribution < 1.29 is 29.0 Å². The van der Waals surface area contributed by atoms with Gasteiger partial charge in [0.15, 0.2) is 0 Å². The topological polar surface area (TPSA) is 117 Å². The van der Waals surface area contributed by atoms with Crippen molar-refractivity contribution in [2.75, 3.05) is 12.4 Å². The Labute approximate surface area is 237 Å². The number of methoxy groups -OCH3 is 1. The highest BCUT2D eigenvalue weighted by Crippen LogP contribution is 2.36. The highest BCUT2D eigenvalue weighted by atomic mass is 16.6. The molecule has 3 N–H and O–H groups in total. The molecule has 1 aliphatic rings. The van der Waals surface area contributed by atoms with Crippen LogP contribution in [0.25, 0.3) is 0 Å². The molecular weight excluding hydrogens is 510 g/mol. The second-order valence-corrected chi connectivity index (χ2v) is 11.8. The van der Waals surface area contributed by atoms with Crippen LogP contribution < -0.4 is 15.4 Å². The molecule has 40 heavy (non-hydrogen) atoms. The maximum absolute atomic E-state index is 14.3. The van der Waals surface area contributed by atoms with E-state index >= 15 is 0 Å². The van der Waals surface area contributed by atoms with Crippen LogP contribution in [0.5, 0.6) is 11.5 Å². The number of phenolic OH excluding ortho intramolecular Hbond substituents is 1. The molecule has 2 aromatic carbocycles. The van der Waals surface area contributed by atoms with Crippen LogP contribution >= 0.6 is 0 Å². The van der Waals surface area contributed by atoms with Crippen molar-refractivity contribution in [2.45, 2.75) is 91.0 Å². The van der Waals surface area contributed by atoms with Gasteiger partial charge in [0.1, 0.15) is 29.2 Å². The zero-order valence-corrected chi connectivity index (χ0v) is 24.6. The maximum Gasteiger partial charge on any atom is 0.408 e. The minimum atomic E-state index is -0.991. The standard InChI is InChI=1S/C31H43N3O6/c1-19(2)17-25(33-30(38)40-31(4,5)6)29(37)34(23-9-8-10-23)27(21-11-16-26(35)20(3)18-21)28(36)32-22-12-14-24(39-7)15-13-22/h11-16,18-19,23,25,27,35H,8-10,17H2,1-7H3,(H,32,36)(H,33,38). The van der Waals surface area contributed by atoms with Gasteiger partial charge in [0.2, 0.25) is 5.91 Å². The van der Waals surface area contributed by atoms with E-state index in [1.165, 1.54) is 6.07 Å². The first-order chi connectivity index (χ1) is 18.8. The van der Waals surface area contributed by atoms with Gasteiger partial charge in [-0.2, -0.15) is 0 Å². The number of aryl methyl sites for hydroxylation is 1. The van der Waals surface area contributed by atoms with Crippen molar-refractivity contribution in [3.63, 3.8) is 0 Å². The van der Waals surface area contributed by atoms with E-state index in [2.05, 4.69) is 10.6 Å². The number of carbonyl (C=O) groups excluding carboxylic acids is 3. The molecular formula is C31H43N3O6. The van der Waals surface area contributed by atoms with Gasteiger partial charge in [-0.05, 0) is 107 Å². The van der Waals surface area contributed by atoms with Gasteiger partial charge in [-0.15, -0.1) is 0 Å². The van der Waals surface area contributed by atoms with Crippen LogP contribution in [0.1, 0.15) is 77.5 Å². The van der Waals surface area contributed by atoms with E-state index in [1.807, 2.05) is 13.8 Å². The number of aromatic hydroxyl groups is 1. The molecule has 3 amide bonds. The van der Waals surface area contributed by atoms with Gasteiger partial charge in [0.05, 0.1) is 7.11 Å². The normalized spacial score (nSPS) is 15.0. The van der Waals surface area contributed by atoms with Gasteiger partial charge in [-0.25, -0.2) is 4.79 Å². The third-order valence-electron chi connectivity index (χ3n) is 6.84. The van der Waals surface area contributed by atoms with Crippen LogP contribution in [0, 0.1) is 12.8 Å². The third kappa shape index (κ3) is 8.13. The van der Waals surface area contributed by atoms with Crippen LogP contribution in [-0.4, -0.2) is 52.7 Å². The number of ether oxygens (including phenoxy) is 2. The van der Waals surface area contributed by atoms with Crippen molar-refractivity contribution in [3.05, 3.63) is 53.6 Å². The van der Waals surface area contributed by atoms with E-state index in [4.69, 9.17) is 9.47 Å². The number of phenols is 1. The number of rotatable bonds is 10. The van der Waals surface area contributed by atoms with Crippen molar-refractivity contribution in [1.82, 2.24) is 10.2 Å². The molecule has 9 heteroatoms. The van der Waals surface area contributed by atoms with E-state index in [9.17, 15) is 19.5 Å². The number of hydrogen-bond acceptors (Lipinski definition) is 6. The lowest BCUT2D eigenvalue weighted by Gasteiger charge is -2.44. The van der Waals surface area contributed by atoms with Crippen LogP contribution in [-0.2, 0) is 14.3 Å². The molecule has 1 saturated carbocycles. The Kier molecular flexibility index (Phi) is 10.1. The molecule has 0 aromatic heterocycles. The number of anilines is 1. The number of carbonyl (C=O) groups is 3. The summed E-state index contributed by atoms with van der Waals surface area (Å²) in [4.78, 5) is 42.7. The summed E-state index contributed by atoms with van der Waals surface area (Å²) in [5.74, 6) is 0.110. The first-order valence-corrected chi connectivity index (χ1v) is 13.8. The van der Waals surface area contributed by atoms with Gasteiger partial charge in [-0.1, -0.05) is 19.9 Å². The van der Waals surface area contributed by atoms with Gasteiger partial charge < -0.3 is 30.1 Å². The third-order valence-corrected chi connectivity index (χ3v) is 6.84. The summed E-state index contributed by atoms with van der Waals surface area (Å²) in [5.41, 5.74) is 0.986. The Morgan fingerprint density at radius 3 is 2.23 bits per heavy atom. The molecule has 0 spiro atoms. The number of alkyl carbamates (subject to hydrolysis) is 1. The zero-order valence-electron chi connectivity index (χ0n) is 24.6. The smallest absolute Gasteiger partial charge is 0.408 e. The fraction of sp³-hybridized carbons (Fsp3) is 0.516. The monoisotopic (exact) mass is 553 g/mol. The van der Waals surface area contributed by atoms with Crippen LogP contribution in [0.15, 0.2) is 42.5 Å². The van der Waals surface area contributed by atoms with Crippen molar-refractivity contribution >= 4 is 23.6 Å². The molecule has 2 atom stereocenters. The molecule has 0 radical (unpaired) electrons. The van der Waals surface area contributed by atoms with Crippen molar-refractivity contribution in [3.8, 4) is 11.5 Å². The Balaban J connectivity index is 2.03. The lowest BCUT2D eigenvalue weighted by Crippen LogP contribution is -2.57. The van der Waals surface area contributed by atoms with Gasteiger partial charge in [-0.3, -0.25) is 9.59 Å². The molecule has 1 aliphatic carbocycles. The Bertz CT molecular complexity index is 1180. The molecule has 2 unspecified atom stereocenters. The SMILES string of the molecule is COc1ccc(NC(=O)C(c2ccc(O)c(C)c2)N(C(=O)C(CC(C)C)NC(=O)OC(C)(C)C)C2CCC2)cc1. The van der Waals surface area contributed by atoms with Crippen LogP contribution in [0.2, 0.25) is 0 Å². The minimum Gasteiger partial charge on any atom is -0.508 e. The summed E-state index contributed by atoms with van der Waals surface area (Å²) in [5, 5.41) is 15.9. The molecule has 2 aromatic rings. The largest absolute Gasteiger partial charge is 0.508 e. The molecule has 0 saturated heterocycles. The summed E-state index contributed by atoms with van der Waals surface area (Å²) in [6, 6.07) is 9.83. The van der Waals surface area contributed by atoms with E-state index in [-0.39, 0.29) is 23.6 Å². The van der Waals surface area contributed by atoms with Crippen LogP contribution in [0.4, 0.5) is 10.5 Å². The maximum atomic E-state index is 14.3. The number of amides is 3. The summed E-state index contributed by atoms with van der Waals surface area (Å²) in [6.45, 7) is 11.0. The average Bonchev–Trinajstić information content (AvgIpc) is 2.82. The second kappa shape index (κ2) is 13.1. The quantitative estimate of drug-likeness (QED) is 0.347. The molecule has 1 fully saturated rings. The fourth-order valence-corrected chi connectivity index (χ4v) is 4.68. The first-order valence-electron chi connectivity index (χ1n) is 13.8. The zero-order chi connectivity index (χ0) is 29.6. The second-order valence-electron chi connectivity index (χ2n) is 11.8. The lowest BCUT2D eigenvalue weighted by molar-refractivity contribution is -0.146. The van der Waals surface area contributed by atoms with E-state index < -0.39 is 29.7 Å². The van der Waals surface area contributed by atoms with E-state index in [0.29, 0.717) is 29.0 Å². The summed E-state index contributed by atoms with van der Waals surface area (Å²) < 4.78 is 10.7. The molecule has 0 bridgehead atoms. The lowest BCUT2D eigenvalue weighted by atomic mass is 9.87. The molecule has 0 heterocycles. The van der Waals surface area contributed by atoms with Crippen molar-refractivity contribution in [2.24, 2.45) is 5.92 Å². The van der Waals surface area contributed by atoms with E-state index in [0.717, 1.165) is 19.3 Å². The minimum absolute atomic E-state index is 0.0922. The van der Waals surface area contributed by atoms with Gasteiger partial charge in [0, 0.05) is 11.7 Å². The number of hydrogen-bond donors (Lipinski definition) is 3. The van der Waals surface area contributed by atoms with Gasteiger partial charge in [0.25, 0.3) is 5.91 Å². The van der Waals surface area contributed by atoms with E-state index in [1.54, 1.807) is 76.1 Å². The average molecular weight is 554 g/mol. The van der Waals surface area contributed by atoms with Crippen molar-refractivity contribution in [1.29, 1.82) is 0 Å². The number of nitrogens with one attached hydrogen (secondary N) is 2. The molecule has 3 rings (SSSR count).